The van der Waals surface area contributed by atoms with Crippen LogP contribution in [-0.4, -0.2) is 4.57 Å². The van der Waals surface area contributed by atoms with Gasteiger partial charge in [0.15, 0.2) is 0 Å². The van der Waals surface area contributed by atoms with Crippen molar-refractivity contribution in [3.05, 3.63) is 204 Å². The molecule has 0 bridgehead atoms. The van der Waals surface area contributed by atoms with Crippen molar-refractivity contribution < 1.29 is 0 Å². The highest BCUT2D eigenvalue weighted by Gasteiger charge is 2.51. The Morgan fingerprint density at radius 1 is 0.478 bits per heavy atom. The molecule has 0 saturated carbocycles. The van der Waals surface area contributed by atoms with E-state index in [1.54, 1.807) is 0 Å². The van der Waals surface area contributed by atoms with Crippen LogP contribution in [0.15, 0.2) is 182 Å². The molecule has 0 fully saturated rings. The number of fused-ring (bicyclic) bond motifs is 5. The van der Waals surface area contributed by atoms with Crippen molar-refractivity contribution in [3.63, 3.8) is 0 Å². The van der Waals surface area contributed by atoms with Crippen LogP contribution in [0.5, 0.6) is 0 Å². The van der Waals surface area contributed by atoms with Gasteiger partial charge >= 0.3 is 0 Å². The summed E-state index contributed by atoms with van der Waals surface area (Å²) in [7, 11) is 0. The number of hydrogen-bond acceptors (Lipinski definition) is 1. The first-order valence-corrected chi connectivity index (χ1v) is 16.0. The Balaban J connectivity index is 1.37. The van der Waals surface area contributed by atoms with Crippen molar-refractivity contribution in [2.75, 3.05) is 5.32 Å². The molecule has 1 N–H and O–H groups in total. The predicted molar refractivity (Wildman–Crippen MR) is 192 cm³/mol. The third kappa shape index (κ3) is 3.90. The van der Waals surface area contributed by atoms with Crippen molar-refractivity contribution in [1.29, 1.82) is 0 Å². The Morgan fingerprint density at radius 2 is 1.07 bits per heavy atom. The lowest BCUT2D eigenvalue weighted by Crippen LogP contribution is -2.35. The number of benzene rings is 7. The molecule has 0 spiro atoms. The van der Waals surface area contributed by atoms with E-state index in [0.29, 0.717) is 0 Å². The zero-order valence-corrected chi connectivity index (χ0v) is 25.3. The fourth-order valence-corrected chi connectivity index (χ4v) is 7.87. The molecule has 1 atom stereocenters. The topological polar surface area (TPSA) is 17.0 Å². The van der Waals surface area contributed by atoms with Crippen LogP contribution in [0.4, 0.5) is 5.69 Å². The Kier molecular flexibility index (Phi) is 6.14. The second-order valence-corrected chi connectivity index (χ2v) is 12.2. The Hall–Kier alpha value is -5.86. The number of para-hydroxylation sites is 1. The Bertz CT molecular complexity index is 2280. The van der Waals surface area contributed by atoms with Gasteiger partial charge < -0.3 is 9.88 Å². The number of nitrogens with zero attached hydrogens (tertiary/aromatic N) is 1. The third-order valence-corrected chi connectivity index (χ3v) is 9.79. The molecular formula is C44H32N2. The molecule has 46 heavy (non-hydrogen) atoms. The molecular weight excluding hydrogens is 556 g/mol. The van der Waals surface area contributed by atoms with Crippen molar-refractivity contribution >= 4 is 27.5 Å². The van der Waals surface area contributed by atoms with E-state index in [1.165, 1.54) is 60.9 Å². The minimum atomic E-state index is -0.441. The molecule has 8 aromatic rings. The summed E-state index contributed by atoms with van der Waals surface area (Å²) in [5.74, 6) is 0. The smallest absolute Gasteiger partial charge is 0.0714 e. The first kappa shape index (κ1) is 26.5. The van der Waals surface area contributed by atoms with E-state index in [0.717, 1.165) is 5.69 Å². The zero-order valence-electron chi connectivity index (χ0n) is 25.3. The lowest BCUT2D eigenvalue weighted by Gasteiger charge is -2.37. The molecule has 218 valence electrons. The minimum absolute atomic E-state index is 0.0115. The van der Waals surface area contributed by atoms with Crippen LogP contribution in [0.1, 0.15) is 28.3 Å². The molecule has 1 unspecified atom stereocenters. The number of aromatic nitrogens is 1. The maximum absolute atomic E-state index is 4.16. The summed E-state index contributed by atoms with van der Waals surface area (Å²) < 4.78 is 2.43. The second-order valence-electron chi connectivity index (χ2n) is 12.2. The molecule has 2 heteroatoms. The molecule has 0 amide bonds. The molecule has 0 saturated heterocycles. The lowest BCUT2D eigenvalue weighted by molar-refractivity contribution is 0.554. The summed E-state index contributed by atoms with van der Waals surface area (Å²) in [5.41, 5.74) is 11.9. The van der Waals surface area contributed by atoms with Gasteiger partial charge in [0.05, 0.1) is 22.5 Å². The molecule has 2 heterocycles. The number of hydrogen-bond donors (Lipinski definition) is 1. The normalized spacial score (nSPS) is 15.1. The van der Waals surface area contributed by atoms with E-state index >= 15 is 0 Å². The molecule has 0 aliphatic carbocycles. The van der Waals surface area contributed by atoms with Crippen molar-refractivity contribution in [2.24, 2.45) is 0 Å². The number of rotatable bonds is 5. The summed E-state index contributed by atoms with van der Waals surface area (Å²) in [6.45, 7) is 0. The summed E-state index contributed by atoms with van der Waals surface area (Å²) in [6, 6.07) is 66.1. The SMILES string of the molecule is c1ccc(-c2cccc(-n3c4ccccc4c4c5c(ccc43)C(c3ccccc3)(c3ccccc3)C(c3ccccc3)N5)c2)cc1. The first-order chi connectivity index (χ1) is 22.8. The van der Waals surface area contributed by atoms with Crippen LogP contribution in [-0.2, 0) is 5.41 Å². The molecule has 7 aromatic carbocycles. The summed E-state index contributed by atoms with van der Waals surface area (Å²) in [4.78, 5) is 0. The van der Waals surface area contributed by atoms with Gasteiger partial charge in [0, 0.05) is 22.1 Å². The predicted octanol–water partition coefficient (Wildman–Crippen LogP) is 11.0. The minimum Gasteiger partial charge on any atom is -0.376 e. The Labute approximate surface area is 269 Å². The lowest BCUT2D eigenvalue weighted by atomic mass is 9.65. The van der Waals surface area contributed by atoms with Gasteiger partial charge in [-0.2, -0.15) is 0 Å². The average molecular weight is 589 g/mol. The van der Waals surface area contributed by atoms with Crippen LogP contribution in [0.25, 0.3) is 38.6 Å². The molecule has 9 rings (SSSR count). The van der Waals surface area contributed by atoms with E-state index in [1.807, 2.05) is 0 Å². The summed E-state index contributed by atoms with van der Waals surface area (Å²) in [5, 5.41) is 6.67. The van der Waals surface area contributed by atoms with Crippen LogP contribution in [0.3, 0.4) is 0 Å². The largest absolute Gasteiger partial charge is 0.376 e. The van der Waals surface area contributed by atoms with E-state index in [9.17, 15) is 0 Å². The van der Waals surface area contributed by atoms with E-state index in [4.69, 9.17) is 0 Å². The molecule has 1 aliphatic rings. The maximum atomic E-state index is 4.16. The third-order valence-electron chi connectivity index (χ3n) is 9.79. The van der Waals surface area contributed by atoms with Crippen LogP contribution in [0, 0.1) is 0 Å². The van der Waals surface area contributed by atoms with Gasteiger partial charge in [-0.25, -0.2) is 0 Å². The highest BCUT2D eigenvalue weighted by molar-refractivity contribution is 6.16. The van der Waals surface area contributed by atoms with Gasteiger partial charge in [-0.15, -0.1) is 0 Å². The van der Waals surface area contributed by atoms with E-state index < -0.39 is 5.41 Å². The van der Waals surface area contributed by atoms with Gasteiger partial charge in [0.2, 0.25) is 0 Å². The van der Waals surface area contributed by atoms with Gasteiger partial charge in [0.1, 0.15) is 0 Å². The van der Waals surface area contributed by atoms with Crippen molar-refractivity contribution in [2.45, 2.75) is 11.5 Å². The highest BCUT2D eigenvalue weighted by atomic mass is 15.0. The number of nitrogens with one attached hydrogen (secondary N) is 1. The Morgan fingerprint density at radius 3 is 1.76 bits per heavy atom. The summed E-state index contributed by atoms with van der Waals surface area (Å²) >= 11 is 0. The number of anilines is 1. The van der Waals surface area contributed by atoms with Crippen LogP contribution >= 0.6 is 0 Å². The van der Waals surface area contributed by atoms with Crippen LogP contribution in [0.2, 0.25) is 0 Å². The monoisotopic (exact) mass is 588 g/mol. The quantitative estimate of drug-likeness (QED) is 0.212. The standard InChI is InChI=1S/C44H32N2/c1-5-16-31(17-6-1)33-20-15-25-36(30-33)46-39-27-14-13-26-37(39)41-40(46)29-28-38-42(41)45-43(32-18-7-2-8-19-32)44(38,34-21-9-3-10-22-34)35-23-11-4-12-24-35/h1-30,43,45H. The fourth-order valence-electron chi connectivity index (χ4n) is 7.87. The van der Waals surface area contributed by atoms with Gasteiger partial charge in [0.25, 0.3) is 0 Å². The molecule has 1 aromatic heterocycles. The fraction of sp³-hybridized carbons (Fsp3) is 0.0455. The van der Waals surface area contributed by atoms with Gasteiger partial charge in [-0.3, -0.25) is 0 Å². The van der Waals surface area contributed by atoms with Crippen molar-refractivity contribution in [3.8, 4) is 16.8 Å². The molecule has 0 radical (unpaired) electrons. The van der Waals surface area contributed by atoms with Crippen LogP contribution < -0.4 is 5.32 Å². The van der Waals surface area contributed by atoms with E-state index in [-0.39, 0.29) is 6.04 Å². The molecule has 2 nitrogen and oxygen atoms in total. The average Bonchev–Trinajstić information content (AvgIpc) is 3.67. The summed E-state index contributed by atoms with van der Waals surface area (Å²) in [6.07, 6.45) is 0. The second kappa shape index (κ2) is 10.6. The zero-order chi connectivity index (χ0) is 30.5. The first-order valence-electron chi connectivity index (χ1n) is 16.0. The van der Waals surface area contributed by atoms with E-state index in [2.05, 4.69) is 192 Å². The van der Waals surface area contributed by atoms with Gasteiger partial charge in [-0.05, 0) is 57.6 Å². The van der Waals surface area contributed by atoms with Crippen molar-refractivity contribution in [1.82, 2.24) is 4.57 Å². The molecule has 1 aliphatic heterocycles. The maximum Gasteiger partial charge on any atom is 0.0714 e. The highest BCUT2D eigenvalue weighted by Crippen LogP contribution is 2.59. The van der Waals surface area contributed by atoms with Gasteiger partial charge in [-0.1, -0.05) is 158 Å².